The molecule has 7 nitrogen and oxygen atoms in total. The predicted octanol–water partition coefficient (Wildman–Crippen LogP) is 4.00. The maximum absolute atomic E-state index is 14.4. The summed E-state index contributed by atoms with van der Waals surface area (Å²) in [6, 6.07) is 16.1. The fourth-order valence-electron chi connectivity index (χ4n) is 3.78. The summed E-state index contributed by atoms with van der Waals surface area (Å²) in [6.07, 6.45) is 0. The Morgan fingerprint density at radius 1 is 0.938 bits per heavy atom. The van der Waals surface area contributed by atoms with Gasteiger partial charge in [-0.1, -0.05) is 18.2 Å². The molecule has 0 bridgehead atoms. The first-order valence-electron chi connectivity index (χ1n) is 10.0. The number of hydrogen-bond donors (Lipinski definition) is 1. The lowest BCUT2D eigenvalue weighted by molar-refractivity contribution is 0.0729. The number of ether oxygens (including phenoxy) is 1. The van der Waals surface area contributed by atoms with Gasteiger partial charge >= 0.3 is 0 Å². The van der Waals surface area contributed by atoms with Crippen LogP contribution in [0.2, 0.25) is 0 Å². The highest BCUT2D eigenvalue weighted by atomic mass is 32.2. The van der Waals surface area contributed by atoms with Gasteiger partial charge in [0.2, 0.25) is 10.0 Å². The van der Waals surface area contributed by atoms with Crippen molar-refractivity contribution in [3.63, 3.8) is 0 Å². The van der Waals surface area contributed by atoms with E-state index in [1.165, 1.54) is 6.07 Å². The number of nitrogens with zero attached hydrogens (tertiary/aromatic N) is 1. The number of carbonyl (C=O) groups is 1. The summed E-state index contributed by atoms with van der Waals surface area (Å²) in [6.45, 7) is 0.756. The van der Waals surface area contributed by atoms with Gasteiger partial charge in [-0.05, 0) is 42.5 Å². The fraction of sp³-hybridized carbons (Fsp3) is 0.174. The van der Waals surface area contributed by atoms with Crippen LogP contribution in [0.5, 0.6) is 0 Å². The Bertz CT molecular complexity index is 1440. The van der Waals surface area contributed by atoms with Crippen LogP contribution in [-0.4, -0.2) is 44.9 Å². The number of morpholine rings is 1. The molecule has 9 heteroatoms. The Kier molecular flexibility index (Phi) is 5.16. The fourth-order valence-corrected chi connectivity index (χ4v) is 5.27. The third-order valence-electron chi connectivity index (χ3n) is 5.42. The van der Waals surface area contributed by atoms with Crippen LogP contribution in [0, 0.1) is 5.82 Å². The van der Waals surface area contributed by atoms with Gasteiger partial charge in [0.1, 0.15) is 21.9 Å². The number of furan rings is 1. The van der Waals surface area contributed by atoms with Gasteiger partial charge in [-0.2, -0.15) is 4.31 Å². The quantitative estimate of drug-likeness (QED) is 0.504. The maximum atomic E-state index is 14.4. The number of nitrogens with one attached hydrogen (secondary N) is 1. The number of carbonyl (C=O) groups excluding carboxylic acids is 1. The molecule has 3 aromatic carbocycles. The molecule has 1 amide bonds. The second-order valence-electron chi connectivity index (χ2n) is 7.42. The van der Waals surface area contributed by atoms with Crippen molar-refractivity contribution in [2.45, 2.75) is 4.90 Å². The third-order valence-corrected chi connectivity index (χ3v) is 7.33. The lowest BCUT2D eigenvalue weighted by atomic mass is 10.1. The highest BCUT2D eigenvalue weighted by molar-refractivity contribution is 7.89. The third kappa shape index (κ3) is 3.64. The molecular formula is C23H19FN2O5S. The number of hydrogen-bond acceptors (Lipinski definition) is 5. The van der Waals surface area contributed by atoms with Crippen LogP contribution in [0.3, 0.4) is 0 Å². The normalized spacial score (nSPS) is 15.3. The van der Waals surface area contributed by atoms with E-state index >= 15 is 0 Å². The number of rotatable bonds is 4. The minimum atomic E-state index is -4.08. The van der Waals surface area contributed by atoms with Gasteiger partial charge in [-0.15, -0.1) is 0 Å². The number of para-hydroxylation sites is 1. The van der Waals surface area contributed by atoms with Crippen molar-refractivity contribution in [1.82, 2.24) is 4.31 Å². The molecule has 1 aromatic heterocycles. The molecule has 0 atom stereocenters. The molecule has 0 aliphatic carbocycles. The molecule has 1 fully saturated rings. The number of benzene rings is 3. The van der Waals surface area contributed by atoms with Gasteiger partial charge in [0.25, 0.3) is 5.91 Å². The summed E-state index contributed by atoms with van der Waals surface area (Å²) in [5.41, 5.74) is 1.97. The Hall–Kier alpha value is -3.27. The number of halogens is 1. The summed E-state index contributed by atoms with van der Waals surface area (Å²) in [4.78, 5) is 12.3. The van der Waals surface area contributed by atoms with Gasteiger partial charge in [0.05, 0.1) is 13.2 Å². The van der Waals surface area contributed by atoms with Gasteiger partial charge < -0.3 is 14.5 Å². The van der Waals surface area contributed by atoms with E-state index in [9.17, 15) is 17.6 Å². The van der Waals surface area contributed by atoms with E-state index < -0.39 is 26.6 Å². The number of sulfonamides is 1. The molecule has 1 N–H and O–H groups in total. The Morgan fingerprint density at radius 3 is 2.50 bits per heavy atom. The van der Waals surface area contributed by atoms with Gasteiger partial charge in [0, 0.05) is 35.1 Å². The van der Waals surface area contributed by atoms with Gasteiger partial charge in [-0.25, -0.2) is 12.8 Å². The zero-order valence-electron chi connectivity index (χ0n) is 16.9. The van der Waals surface area contributed by atoms with E-state index in [-0.39, 0.29) is 31.9 Å². The molecule has 32 heavy (non-hydrogen) atoms. The van der Waals surface area contributed by atoms with E-state index in [1.807, 2.05) is 24.3 Å². The molecule has 1 aliphatic rings. The van der Waals surface area contributed by atoms with Crippen LogP contribution >= 0.6 is 0 Å². The van der Waals surface area contributed by atoms with Crippen molar-refractivity contribution in [2.24, 2.45) is 0 Å². The van der Waals surface area contributed by atoms with Crippen LogP contribution in [0.1, 0.15) is 10.4 Å². The van der Waals surface area contributed by atoms with Crippen molar-refractivity contribution in [2.75, 3.05) is 31.6 Å². The zero-order chi connectivity index (χ0) is 22.3. The summed E-state index contributed by atoms with van der Waals surface area (Å²) in [5.74, 6) is -1.45. The Balaban J connectivity index is 1.45. The van der Waals surface area contributed by atoms with Crippen LogP contribution < -0.4 is 5.32 Å². The van der Waals surface area contributed by atoms with E-state index in [0.29, 0.717) is 11.3 Å². The molecule has 0 spiro atoms. The molecule has 4 aromatic rings. The van der Waals surface area contributed by atoms with E-state index in [2.05, 4.69) is 5.32 Å². The molecule has 1 aliphatic heterocycles. The number of fused-ring (bicyclic) bond motifs is 3. The summed E-state index contributed by atoms with van der Waals surface area (Å²) >= 11 is 0. The Morgan fingerprint density at radius 2 is 1.69 bits per heavy atom. The second kappa shape index (κ2) is 8.01. The molecular weight excluding hydrogens is 435 g/mol. The SMILES string of the molecule is O=C(Nc1ccc2oc3ccccc3c2c1)c1ccc(F)c(S(=O)(=O)N2CCOCC2)c1. The minimum absolute atomic E-state index is 0.0374. The minimum Gasteiger partial charge on any atom is -0.456 e. The maximum Gasteiger partial charge on any atom is 0.255 e. The molecule has 5 rings (SSSR count). The van der Waals surface area contributed by atoms with Crippen LogP contribution in [0.25, 0.3) is 21.9 Å². The van der Waals surface area contributed by atoms with Gasteiger partial charge in [-0.3, -0.25) is 4.79 Å². The van der Waals surface area contributed by atoms with Crippen LogP contribution in [0.4, 0.5) is 10.1 Å². The summed E-state index contributed by atoms with van der Waals surface area (Å²) in [7, 11) is -4.08. The van der Waals surface area contributed by atoms with E-state index in [1.54, 1.807) is 18.2 Å². The molecule has 0 unspecified atom stereocenters. The molecule has 164 valence electrons. The van der Waals surface area contributed by atoms with Crippen molar-refractivity contribution in [1.29, 1.82) is 0 Å². The smallest absolute Gasteiger partial charge is 0.255 e. The molecule has 0 saturated carbocycles. The van der Waals surface area contributed by atoms with E-state index in [0.717, 1.165) is 32.8 Å². The van der Waals surface area contributed by atoms with Crippen molar-refractivity contribution < 1.29 is 26.8 Å². The first-order valence-corrected chi connectivity index (χ1v) is 11.5. The largest absolute Gasteiger partial charge is 0.456 e. The van der Waals surface area contributed by atoms with Crippen molar-refractivity contribution >= 4 is 43.6 Å². The molecule has 2 heterocycles. The highest BCUT2D eigenvalue weighted by Crippen LogP contribution is 2.31. The van der Waals surface area contributed by atoms with Crippen molar-refractivity contribution in [3.05, 3.63) is 72.0 Å². The monoisotopic (exact) mass is 454 g/mol. The van der Waals surface area contributed by atoms with Crippen LogP contribution in [-0.2, 0) is 14.8 Å². The van der Waals surface area contributed by atoms with Crippen LogP contribution in [0.15, 0.2) is 70.0 Å². The lowest BCUT2D eigenvalue weighted by Crippen LogP contribution is -2.41. The number of anilines is 1. The average molecular weight is 454 g/mol. The molecule has 0 radical (unpaired) electrons. The van der Waals surface area contributed by atoms with Crippen molar-refractivity contribution in [3.8, 4) is 0 Å². The summed E-state index contributed by atoms with van der Waals surface area (Å²) < 4.78 is 52.3. The highest BCUT2D eigenvalue weighted by Gasteiger charge is 2.29. The average Bonchev–Trinajstić information content (AvgIpc) is 3.18. The second-order valence-corrected chi connectivity index (χ2v) is 9.33. The first-order chi connectivity index (χ1) is 15.4. The number of amides is 1. The lowest BCUT2D eigenvalue weighted by Gasteiger charge is -2.26. The standard InChI is InChI=1S/C23H19FN2O5S/c24-19-7-5-15(13-22(19)32(28,29)26-9-11-30-12-10-26)23(27)25-16-6-8-21-18(14-16)17-3-1-2-4-20(17)31-21/h1-8,13-14H,9-12H2,(H,25,27). The van der Waals surface area contributed by atoms with Gasteiger partial charge in [0.15, 0.2) is 0 Å². The Labute approximate surface area is 183 Å². The zero-order valence-corrected chi connectivity index (χ0v) is 17.7. The van der Waals surface area contributed by atoms with E-state index in [4.69, 9.17) is 9.15 Å². The summed E-state index contributed by atoms with van der Waals surface area (Å²) in [5, 5.41) is 4.51. The first kappa shape index (κ1) is 20.6. The molecule has 1 saturated heterocycles. The topological polar surface area (TPSA) is 88.8 Å². The predicted molar refractivity (Wildman–Crippen MR) is 118 cm³/mol.